The maximum Gasteiger partial charge on any atom is 0.272 e. The standard InChI is InChI=1S/C14H16N4O3/c1-9-5-13(10(2)4-12(9)18(19)20)21-8-11-6-17-14(15-3)7-16-11/h4-7H,8H2,1-3H3,(H,15,17). The number of hydrogen-bond acceptors (Lipinski definition) is 6. The number of anilines is 1. The number of hydrogen-bond donors (Lipinski definition) is 1. The van der Waals surface area contributed by atoms with Gasteiger partial charge in [-0.25, -0.2) is 4.98 Å². The van der Waals surface area contributed by atoms with E-state index in [-0.39, 0.29) is 12.3 Å². The molecular weight excluding hydrogens is 272 g/mol. The molecule has 0 bridgehead atoms. The number of nitrogens with zero attached hydrogens (tertiary/aromatic N) is 3. The number of aryl methyl sites for hydroxylation is 2. The van der Waals surface area contributed by atoms with Crippen molar-refractivity contribution in [1.29, 1.82) is 0 Å². The van der Waals surface area contributed by atoms with Gasteiger partial charge in [0.15, 0.2) is 0 Å². The lowest BCUT2D eigenvalue weighted by atomic mass is 10.1. The fraction of sp³-hybridized carbons (Fsp3) is 0.286. The minimum atomic E-state index is -0.395. The zero-order valence-corrected chi connectivity index (χ0v) is 12.1. The number of rotatable bonds is 5. The number of nitro benzene ring substituents is 1. The summed E-state index contributed by atoms with van der Waals surface area (Å²) in [6, 6.07) is 3.18. The first kappa shape index (κ1) is 14.7. The third kappa shape index (κ3) is 3.44. The summed E-state index contributed by atoms with van der Waals surface area (Å²) in [4.78, 5) is 18.8. The van der Waals surface area contributed by atoms with Crippen molar-refractivity contribution < 1.29 is 9.66 Å². The molecule has 7 heteroatoms. The molecule has 0 amide bonds. The SMILES string of the molecule is CNc1cnc(COc2cc(C)c([N+](=O)[O-])cc2C)cn1. The number of nitro groups is 1. The molecule has 0 radical (unpaired) electrons. The maximum absolute atomic E-state index is 10.9. The van der Waals surface area contributed by atoms with Gasteiger partial charge in [0, 0.05) is 18.7 Å². The Balaban J connectivity index is 2.12. The summed E-state index contributed by atoms with van der Waals surface area (Å²) < 4.78 is 5.67. The molecule has 1 aromatic heterocycles. The Hall–Kier alpha value is -2.70. The van der Waals surface area contributed by atoms with Crippen molar-refractivity contribution in [1.82, 2.24) is 9.97 Å². The third-order valence-electron chi connectivity index (χ3n) is 3.03. The van der Waals surface area contributed by atoms with Gasteiger partial charge in [0.1, 0.15) is 18.2 Å². The van der Waals surface area contributed by atoms with Gasteiger partial charge in [0.2, 0.25) is 0 Å². The van der Waals surface area contributed by atoms with Gasteiger partial charge >= 0.3 is 0 Å². The molecule has 0 saturated heterocycles. The fourth-order valence-corrected chi connectivity index (χ4v) is 1.84. The van der Waals surface area contributed by atoms with E-state index in [1.165, 1.54) is 6.07 Å². The highest BCUT2D eigenvalue weighted by Gasteiger charge is 2.14. The van der Waals surface area contributed by atoms with Crippen LogP contribution in [0.2, 0.25) is 0 Å². The average Bonchev–Trinajstić information content (AvgIpc) is 2.48. The van der Waals surface area contributed by atoms with Crippen LogP contribution in [0, 0.1) is 24.0 Å². The fourth-order valence-electron chi connectivity index (χ4n) is 1.84. The first-order valence-electron chi connectivity index (χ1n) is 6.38. The molecule has 2 aromatic rings. The largest absolute Gasteiger partial charge is 0.487 e. The molecule has 110 valence electrons. The molecule has 1 aromatic carbocycles. The van der Waals surface area contributed by atoms with Gasteiger partial charge in [-0.3, -0.25) is 15.1 Å². The summed E-state index contributed by atoms with van der Waals surface area (Å²) in [6.45, 7) is 3.72. The third-order valence-corrected chi connectivity index (χ3v) is 3.03. The zero-order valence-electron chi connectivity index (χ0n) is 12.1. The second-order valence-corrected chi connectivity index (χ2v) is 4.59. The molecule has 0 aliphatic heterocycles. The van der Waals surface area contributed by atoms with Crippen LogP contribution in [0.4, 0.5) is 11.5 Å². The van der Waals surface area contributed by atoms with E-state index >= 15 is 0 Å². The van der Waals surface area contributed by atoms with Gasteiger partial charge in [-0.2, -0.15) is 0 Å². The predicted molar refractivity (Wildman–Crippen MR) is 78.5 cm³/mol. The van der Waals surface area contributed by atoms with Gasteiger partial charge in [0.25, 0.3) is 5.69 Å². The summed E-state index contributed by atoms with van der Waals surface area (Å²) in [5.74, 6) is 1.29. The quantitative estimate of drug-likeness (QED) is 0.672. The zero-order chi connectivity index (χ0) is 15.4. The summed E-state index contributed by atoms with van der Waals surface area (Å²) in [5.41, 5.74) is 2.06. The molecule has 7 nitrogen and oxygen atoms in total. The number of nitrogens with one attached hydrogen (secondary N) is 1. The van der Waals surface area contributed by atoms with Crippen LogP contribution in [0.1, 0.15) is 16.8 Å². The first-order chi connectivity index (χ1) is 10.0. The first-order valence-corrected chi connectivity index (χ1v) is 6.38. The van der Waals surface area contributed by atoms with Gasteiger partial charge in [0.05, 0.1) is 23.0 Å². The number of benzene rings is 1. The number of ether oxygens (including phenoxy) is 1. The Morgan fingerprint density at radius 3 is 2.57 bits per heavy atom. The highest BCUT2D eigenvalue weighted by atomic mass is 16.6. The summed E-state index contributed by atoms with van der Waals surface area (Å²) in [5, 5.41) is 13.7. The van der Waals surface area contributed by atoms with Crippen LogP contribution in [0.3, 0.4) is 0 Å². The van der Waals surface area contributed by atoms with Crippen molar-refractivity contribution in [3.63, 3.8) is 0 Å². The van der Waals surface area contributed by atoms with Crippen LogP contribution in [0.25, 0.3) is 0 Å². The summed E-state index contributed by atoms with van der Waals surface area (Å²) in [6.07, 6.45) is 3.24. The molecule has 0 unspecified atom stereocenters. The van der Waals surface area contributed by atoms with E-state index in [0.717, 1.165) is 0 Å². The van der Waals surface area contributed by atoms with Gasteiger partial charge in [-0.1, -0.05) is 0 Å². The second-order valence-electron chi connectivity index (χ2n) is 4.59. The lowest BCUT2D eigenvalue weighted by molar-refractivity contribution is -0.385. The second kappa shape index (κ2) is 6.17. The molecule has 1 heterocycles. The molecule has 0 aliphatic rings. The van der Waals surface area contributed by atoms with Crippen molar-refractivity contribution in [2.75, 3.05) is 12.4 Å². The lowest BCUT2D eigenvalue weighted by Gasteiger charge is -2.10. The maximum atomic E-state index is 10.9. The highest BCUT2D eigenvalue weighted by molar-refractivity contribution is 5.49. The van der Waals surface area contributed by atoms with Crippen molar-refractivity contribution in [3.8, 4) is 5.75 Å². The van der Waals surface area contributed by atoms with Gasteiger partial charge < -0.3 is 10.1 Å². The van der Waals surface area contributed by atoms with Crippen LogP contribution < -0.4 is 10.1 Å². The molecule has 2 rings (SSSR count). The van der Waals surface area contributed by atoms with Crippen LogP contribution >= 0.6 is 0 Å². The lowest BCUT2D eigenvalue weighted by Crippen LogP contribution is -2.03. The summed E-state index contributed by atoms with van der Waals surface area (Å²) in [7, 11) is 1.77. The number of aromatic nitrogens is 2. The Labute approximate surface area is 122 Å². The Kier molecular flexibility index (Phi) is 4.32. The average molecular weight is 288 g/mol. The van der Waals surface area contributed by atoms with Crippen LogP contribution in [-0.4, -0.2) is 21.9 Å². The minimum absolute atomic E-state index is 0.0954. The molecule has 0 saturated carbocycles. The van der Waals surface area contributed by atoms with Gasteiger partial charge in [-0.05, 0) is 25.5 Å². The topological polar surface area (TPSA) is 90.2 Å². The van der Waals surface area contributed by atoms with E-state index in [1.54, 1.807) is 39.4 Å². The normalized spacial score (nSPS) is 10.2. The van der Waals surface area contributed by atoms with Crippen LogP contribution in [-0.2, 0) is 6.61 Å². The van der Waals surface area contributed by atoms with Crippen molar-refractivity contribution in [2.24, 2.45) is 0 Å². The predicted octanol–water partition coefficient (Wildman–Crippen LogP) is 2.62. The summed E-state index contributed by atoms with van der Waals surface area (Å²) >= 11 is 0. The molecule has 0 spiro atoms. The smallest absolute Gasteiger partial charge is 0.272 e. The van der Waals surface area contributed by atoms with E-state index in [2.05, 4.69) is 15.3 Å². The molecule has 1 N–H and O–H groups in total. The van der Waals surface area contributed by atoms with Crippen LogP contribution in [0.15, 0.2) is 24.5 Å². The van der Waals surface area contributed by atoms with Crippen LogP contribution in [0.5, 0.6) is 5.75 Å². The molecule has 0 aliphatic carbocycles. The van der Waals surface area contributed by atoms with E-state index in [1.807, 2.05) is 0 Å². The Morgan fingerprint density at radius 1 is 1.24 bits per heavy atom. The van der Waals surface area contributed by atoms with Crippen molar-refractivity contribution in [2.45, 2.75) is 20.5 Å². The van der Waals surface area contributed by atoms with Gasteiger partial charge in [-0.15, -0.1) is 0 Å². The van der Waals surface area contributed by atoms with E-state index in [9.17, 15) is 10.1 Å². The van der Waals surface area contributed by atoms with E-state index < -0.39 is 4.92 Å². The molecular formula is C14H16N4O3. The molecule has 0 fully saturated rings. The molecule has 0 atom stereocenters. The highest BCUT2D eigenvalue weighted by Crippen LogP contribution is 2.28. The monoisotopic (exact) mass is 288 g/mol. The Bertz CT molecular complexity index is 656. The van der Waals surface area contributed by atoms with Crippen molar-refractivity contribution in [3.05, 3.63) is 51.5 Å². The Morgan fingerprint density at radius 2 is 2.00 bits per heavy atom. The van der Waals surface area contributed by atoms with E-state index in [4.69, 9.17) is 4.74 Å². The minimum Gasteiger partial charge on any atom is -0.487 e. The van der Waals surface area contributed by atoms with Crippen molar-refractivity contribution >= 4 is 11.5 Å². The van der Waals surface area contributed by atoms with E-state index in [0.29, 0.717) is 28.4 Å². The molecule has 21 heavy (non-hydrogen) atoms.